The molecule has 0 radical (unpaired) electrons. The van der Waals surface area contributed by atoms with Crippen LogP contribution in [0.2, 0.25) is 0 Å². The van der Waals surface area contributed by atoms with E-state index in [0.29, 0.717) is 13.0 Å². The maximum atomic E-state index is 11.4. The number of hydrogen-bond acceptors (Lipinski definition) is 2. The number of rotatable bonds is 1. The van der Waals surface area contributed by atoms with Crippen molar-refractivity contribution in [2.24, 2.45) is 0 Å². The highest BCUT2D eigenvalue weighted by molar-refractivity contribution is 5.88. The van der Waals surface area contributed by atoms with Crippen molar-refractivity contribution in [1.29, 1.82) is 0 Å². The summed E-state index contributed by atoms with van der Waals surface area (Å²) in [6.07, 6.45) is 0.367. The summed E-state index contributed by atoms with van der Waals surface area (Å²) in [6.45, 7) is 0.495. The van der Waals surface area contributed by atoms with E-state index in [4.69, 9.17) is 5.11 Å². The molecule has 1 amide bonds. The lowest BCUT2D eigenvalue weighted by Gasteiger charge is -2.25. The zero-order valence-corrected chi connectivity index (χ0v) is 8.36. The lowest BCUT2D eigenvalue weighted by Crippen LogP contribution is -2.32. The van der Waals surface area contributed by atoms with Crippen LogP contribution in [0.1, 0.15) is 21.5 Å². The van der Waals surface area contributed by atoms with Crippen LogP contribution in [0.3, 0.4) is 0 Å². The summed E-state index contributed by atoms with van der Waals surface area (Å²) in [5.41, 5.74) is 2.14. The monoisotopic (exact) mass is 205 g/mol. The molecule has 15 heavy (non-hydrogen) atoms. The van der Waals surface area contributed by atoms with Crippen LogP contribution in [0.15, 0.2) is 18.2 Å². The first kappa shape index (κ1) is 9.71. The Labute approximate surface area is 87.1 Å². The van der Waals surface area contributed by atoms with Crippen molar-refractivity contribution >= 4 is 11.9 Å². The molecular formula is C11H11NO3. The predicted molar refractivity (Wildman–Crippen MR) is 53.6 cm³/mol. The second-order valence-electron chi connectivity index (χ2n) is 3.72. The van der Waals surface area contributed by atoms with Crippen molar-refractivity contribution < 1.29 is 14.7 Å². The van der Waals surface area contributed by atoms with E-state index in [9.17, 15) is 9.59 Å². The maximum Gasteiger partial charge on any atom is 0.335 e. The molecule has 2 rings (SSSR count). The molecular weight excluding hydrogens is 194 g/mol. The van der Waals surface area contributed by atoms with Gasteiger partial charge in [-0.2, -0.15) is 0 Å². The Morgan fingerprint density at radius 1 is 1.40 bits per heavy atom. The Balaban J connectivity index is 2.41. The van der Waals surface area contributed by atoms with Crippen LogP contribution < -0.4 is 0 Å². The Hall–Kier alpha value is -1.84. The fourth-order valence-electron chi connectivity index (χ4n) is 1.72. The minimum absolute atomic E-state index is 0.0746. The van der Waals surface area contributed by atoms with Crippen molar-refractivity contribution in [3.63, 3.8) is 0 Å². The second-order valence-corrected chi connectivity index (χ2v) is 3.72. The molecule has 78 valence electrons. The normalized spacial score (nSPS) is 15.0. The molecule has 0 unspecified atom stereocenters. The van der Waals surface area contributed by atoms with Crippen molar-refractivity contribution in [2.75, 3.05) is 7.05 Å². The molecule has 4 nitrogen and oxygen atoms in total. The van der Waals surface area contributed by atoms with E-state index in [2.05, 4.69) is 0 Å². The van der Waals surface area contributed by atoms with Crippen LogP contribution in [-0.2, 0) is 17.8 Å². The first-order valence-corrected chi connectivity index (χ1v) is 4.67. The van der Waals surface area contributed by atoms with Crippen LogP contribution in [0.5, 0.6) is 0 Å². The second kappa shape index (κ2) is 3.38. The molecule has 1 N–H and O–H groups in total. The molecule has 0 bridgehead atoms. The zero-order chi connectivity index (χ0) is 11.0. The van der Waals surface area contributed by atoms with E-state index in [1.807, 2.05) is 0 Å². The average molecular weight is 205 g/mol. The maximum absolute atomic E-state index is 11.4. The Morgan fingerprint density at radius 2 is 2.13 bits per heavy atom. The topological polar surface area (TPSA) is 57.6 Å². The van der Waals surface area contributed by atoms with Crippen LogP contribution in [0.4, 0.5) is 0 Å². The van der Waals surface area contributed by atoms with Gasteiger partial charge < -0.3 is 10.0 Å². The third-order valence-electron chi connectivity index (χ3n) is 2.63. The van der Waals surface area contributed by atoms with Gasteiger partial charge in [0.05, 0.1) is 12.0 Å². The van der Waals surface area contributed by atoms with Gasteiger partial charge in [-0.1, -0.05) is 6.07 Å². The van der Waals surface area contributed by atoms with Crippen LogP contribution in [0.25, 0.3) is 0 Å². The van der Waals surface area contributed by atoms with Crippen molar-refractivity contribution in [2.45, 2.75) is 13.0 Å². The van der Waals surface area contributed by atoms with Gasteiger partial charge in [-0.3, -0.25) is 4.79 Å². The summed E-state index contributed by atoms with van der Waals surface area (Å²) in [5, 5.41) is 8.82. The number of hydrogen-bond donors (Lipinski definition) is 1. The van der Waals surface area contributed by atoms with E-state index in [1.165, 1.54) is 0 Å². The van der Waals surface area contributed by atoms with Gasteiger partial charge in [-0.15, -0.1) is 0 Å². The molecule has 0 spiro atoms. The lowest BCUT2D eigenvalue weighted by atomic mass is 9.97. The number of nitrogens with zero attached hydrogens (tertiary/aromatic N) is 1. The van der Waals surface area contributed by atoms with Crippen molar-refractivity contribution in [1.82, 2.24) is 4.90 Å². The number of amides is 1. The van der Waals surface area contributed by atoms with Crippen LogP contribution in [0, 0.1) is 0 Å². The predicted octanol–water partition coefficient (Wildman–Crippen LogP) is 0.899. The highest BCUT2D eigenvalue weighted by Gasteiger charge is 2.20. The molecule has 1 aromatic rings. The van der Waals surface area contributed by atoms with Gasteiger partial charge >= 0.3 is 5.97 Å². The molecule has 0 fully saturated rings. The summed E-state index contributed by atoms with van der Waals surface area (Å²) in [5.74, 6) is -0.858. The molecule has 1 aliphatic rings. The van der Waals surface area contributed by atoms with Crippen LogP contribution in [-0.4, -0.2) is 28.9 Å². The molecule has 0 aromatic heterocycles. The Bertz CT molecular complexity index is 439. The third-order valence-corrected chi connectivity index (χ3v) is 2.63. The summed E-state index contributed by atoms with van der Waals surface area (Å²) < 4.78 is 0. The highest BCUT2D eigenvalue weighted by Crippen LogP contribution is 2.20. The number of carboxylic acids is 1. The molecule has 0 aliphatic carbocycles. The van der Waals surface area contributed by atoms with Gasteiger partial charge in [-0.05, 0) is 23.3 Å². The van der Waals surface area contributed by atoms with Gasteiger partial charge in [0, 0.05) is 13.6 Å². The zero-order valence-electron chi connectivity index (χ0n) is 8.36. The van der Waals surface area contributed by atoms with E-state index >= 15 is 0 Å². The van der Waals surface area contributed by atoms with Gasteiger partial charge in [0.25, 0.3) is 0 Å². The molecule has 0 saturated carbocycles. The van der Waals surface area contributed by atoms with E-state index in [0.717, 1.165) is 11.1 Å². The summed E-state index contributed by atoms with van der Waals surface area (Å²) in [6, 6.07) is 4.91. The van der Waals surface area contributed by atoms with Crippen molar-refractivity contribution in [3.05, 3.63) is 34.9 Å². The molecule has 1 heterocycles. The number of carbonyl (C=O) groups excluding carboxylic acids is 1. The molecule has 4 heteroatoms. The fourth-order valence-corrected chi connectivity index (χ4v) is 1.72. The smallest absolute Gasteiger partial charge is 0.335 e. The SMILES string of the molecule is CN1Cc2cc(C(=O)O)ccc2CC1=O. The summed E-state index contributed by atoms with van der Waals surface area (Å²) in [4.78, 5) is 23.7. The first-order chi connectivity index (χ1) is 7.08. The fraction of sp³-hybridized carbons (Fsp3) is 0.273. The van der Waals surface area contributed by atoms with E-state index in [1.54, 1.807) is 30.1 Å². The van der Waals surface area contributed by atoms with Gasteiger partial charge in [0.1, 0.15) is 0 Å². The summed E-state index contributed by atoms with van der Waals surface area (Å²) in [7, 11) is 1.72. The number of fused-ring (bicyclic) bond motifs is 1. The van der Waals surface area contributed by atoms with Gasteiger partial charge in [0.2, 0.25) is 5.91 Å². The molecule has 0 saturated heterocycles. The number of benzene rings is 1. The standard InChI is InChI=1S/C11H11NO3/c1-12-6-9-4-8(11(14)15)3-2-7(9)5-10(12)13/h2-4H,5-6H2,1H3,(H,14,15). The number of aromatic carboxylic acids is 1. The average Bonchev–Trinajstić information content (AvgIpc) is 2.19. The quantitative estimate of drug-likeness (QED) is 0.741. The number of likely N-dealkylation sites (N-methyl/N-ethyl adjacent to an activating group) is 1. The van der Waals surface area contributed by atoms with Crippen LogP contribution >= 0.6 is 0 Å². The molecule has 1 aliphatic heterocycles. The van der Waals surface area contributed by atoms with E-state index in [-0.39, 0.29) is 11.5 Å². The third kappa shape index (κ3) is 1.70. The number of carbonyl (C=O) groups is 2. The number of carboxylic acid groups (broad SMARTS) is 1. The van der Waals surface area contributed by atoms with Crippen molar-refractivity contribution in [3.8, 4) is 0 Å². The lowest BCUT2D eigenvalue weighted by molar-refractivity contribution is -0.130. The first-order valence-electron chi connectivity index (χ1n) is 4.67. The molecule has 0 atom stereocenters. The molecule has 1 aromatic carbocycles. The van der Waals surface area contributed by atoms with Gasteiger partial charge in [0.15, 0.2) is 0 Å². The summed E-state index contributed by atoms with van der Waals surface area (Å²) >= 11 is 0. The largest absolute Gasteiger partial charge is 0.478 e. The highest BCUT2D eigenvalue weighted by atomic mass is 16.4. The Kier molecular flexibility index (Phi) is 2.19. The minimum Gasteiger partial charge on any atom is -0.478 e. The Morgan fingerprint density at radius 3 is 2.80 bits per heavy atom. The van der Waals surface area contributed by atoms with Gasteiger partial charge in [-0.25, -0.2) is 4.79 Å². The van der Waals surface area contributed by atoms with E-state index < -0.39 is 5.97 Å². The minimum atomic E-state index is -0.933.